The van der Waals surface area contributed by atoms with Crippen LogP contribution in [0.4, 0.5) is 5.13 Å². The first-order valence-electron chi connectivity index (χ1n) is 11.5. The molecule has 5 rings (SSSR count). The number of thioether (sulfide) groups is 1. The number of anilines is 1. The summed E-state index contributed by atoms with van der Waals surface area (Å²) in [5.74, 6) is 0.377. The van der Waals surface area contributed by atoms with E-state index in [0.29, 0.717) is 21.5 Å². The van der Waals surface area contributed by atoms with Gasteiger partial charge in [0.25, 0.3) is 0 Å². The molecule has 0 spiro atoms. The number of nitriles is 1. The minimum Gasteiger partial charge on any atom is -0.302 e. The number of nitrogens with one attached hydrogen (secondary N) is 1. The summed E-state index contributed by atoms with van der Waals surface area (Å²) in [7, 11) is 0. The first kappa shape index (κ1) is 23.7. The van der Waals surface area contributed by atoms with Crippen molar-refractivity contribution in [2.45, 2.75) is 18.4 Å². The SMILES string of the molecule is Cc1ccc(-c2cc(-c3ccccc3)nc(SCCC(=O)Nc3nc4ccccc4s3)c2C#N)cc1. The fourth-order valence-corrected chi connectivity index (χ4v) is 5.63. The summed E-state index contributed by atoms with van der Waals surface area (Å²) >= 11 is 2.88. The van der Waals surface area contributed by atoms with Gasteiger partial charge in [-0.1, -0.05) is 83.6 Å². The summed E-state index contributed by atoms with van der Waals surface area (Å²) < 4.78 is 1.03. The largest absolute Gasteiger partial charge is 0.302 e. The van der Waals surface area contributed by atoms with E-state index in [4.69, 9.17) is 4.98 Å². The maximum Gasteiger partial charge on any atom is 0.226 e. The number of aryl methyl sites for hydroxylation is 1. The molecule has 2 heterocycles. The quantitative estimate of drug-likeness (QED) is 0.234. The van der Waals surface area contributed by atoms with Crippen LogP contribution in [-0.4, -0.2) is 21.6 Å². The molecule has 3 aromatic carbocycles. The number of pyridine rings is 1. The van der Waals surface area contributed by atoms with Crippen molar-refractivity contribution in [1.82, 2.24) is 9.97 Å². The van der Waals surface area contributed by atoms with Crippen LogP contribution in [0.2, 0.25) is 0 Å². The van der Waals surface area contributed by atoms with E-state index in [-0.39, 0.29) is 12.3 Å². The van der Waals surface area contributed by atoms with Crippen molar-refractivity contribution < 1.29 is 4.79 Å². The third-order valence-electron chi connectivity index (χ3n) is 5.64. The van der Waals surface area contributed by atoms with Gasteiger partial charge in [-0.3, -0.25) is 4.79 Å². The number of benzene rings is 3. The number of aromatic nitrogens is 2. The predicted molar refractivity (Wildman–Crippen MR) is 148 cm³/mol. The van der Waals surface area contributed by atoms with Gasteiger partial charge >= 0.3 is 0 Å². The summed E-state index contributed by atoms with van der Waals surface area (Å²) in [6.45, 7) is 2.04. The molecule has 0 radical (unpaired) electrons. The molecule has 0 aliphatic heterocycles. The highest BCUT2D eigenvalue weighted by atomic mass is 32.2. The molecule has 0 bridgehead atoms. The fraction of sp³-hybridized carbons (Fsp3) is 0.103. The molecule has 0 saturated heterocycles. The van der Waals surface area contributed by atoms with Gasteiger partial charge in [-0.05, 0) is 30.7 Å². The van der Waals surface area contributed by atoms with Gasteiger partial charge in [0.1, 0.15) is 11.1 Å². The summed E-state index contributed by atoms with van der Waals surface area (Å²) in [6.07, 6.45) is 0.280. The van der Waals surface area contributed by atoms with Crippen molar-refractivity contribution in [1.29, 1.82) is 5.26 Å². The molecule has 7 heteroatoms. The Morgan fingerprint density at radius 1 is 0.972 bits per heavy atom. The van der Waals surface area contributed by atoms with Gasteiger partial charge in [0.15, 0.2) is 5.13 Å². The van der Waals surface area contributed by atoms with Crippen molar-refractivity contribution in [2.75, 3.05) is 11.1 Å². The maximum atomic E-state index is 12.6. The van der Waals surface area contributed by atoms with Crippen LogP contribution in [0.1, 0.15) is 17.5 Å². The lowest BCUT2D eigenvalue weighted by molar-refractivity contribution is -0.115. The molecule has 0 fully saturated rings. The number of hydrogen-bond donors (Lipinski definition) is 1. The molecule has 1 N–H and O–H groups in total. The van der Waals surface area contributed by atoms with Crippen LogP contribution < -0.4 is 5.32 Å². The number of carbonyl (C=O) groups excluding carboxylic acids is 1. The second kappa shape index (κ2) is 10.7. The van der Waals surface area contributed by atoms with E-state index >= 15 is 0 Å². The zero-order valence-corrected chi connectivity index (χ0v) is 21.2. The zero-order valence-electron chi connectivity index (χ0n) is 19.6. The predicted octanol–water partition coefficient (Wildman–Crippen LogP) is 7.33. The van der Waals surface area contributed by atoms with Crippen LogP contribution in [0, 0.1) is 18.3 Å². The molecule has 5 aromatic rings. The van der Waals surface area contributed by atoms with Crippen molar-refractivity contribution in [3.63, 3.8) is 0 Å². The minimum absolute atomic E-state index is 0.113. The van der Waals surface area contributed by atoms with Gasteiger partial charge in [-0.15, -0.1) is 11.8 Å². The smallest absolute Gasteiger partial charge is 0.226 e. The number of fused-ring (bicyclic) bond motifs is 1. The normalized spacial score (nSPS) is 10.8. The Bertz CT molecular complexity index is 1540. The second-order valence-corrected chi connectivity index (χ2v) is 10.3. The van der Waals surface area contributed by atoms with Crippen LogP contribution in [0.15, 0.2) is 90.0 Å². The molecule has 0 aliphatic rings. The van der Waals surface area contributed by atoms with E-state index < -0.39 is 0 Å². The minimum atomic E-state index is -0.113. The van der Waals surface area contributed by atoms with E-state index in [1.165, 1.54) is 23.1 Å². The highest BCUT2D eigenvalue weighted by Gasteiger charge is 2.17. The Kier molecular flexibility index (Phi) is 7.08. The van der Waals surface area contributed by atoms with E-state index in [2.05, 4.69) is 16.4 Å². The molecule has 2 aromatic heterocycles. The lowest BCUT2D eigenvalue weighted by Crippen LogP contribution is -2.12. The molecule has 0 saturated carbocycles. The number of nitrogens with zero attached hydrogens (tertiary/aromatic N) is 3. The number of rotatable bonds is 7. The monoisotopic (exact) mass is 506 g/mol. The molecule has 1 amide bonds. The molecule has 0 atom stereocenters. The van der Waals surface area contributed by atoms with Crippen molar-refractivity contribution in [3.8, 4) is 28.5 Å². The first-order valence-corrected chi connectivity index (χ1v) is 13.3. The van der Waals surface area contributed by atoms with E-state index in [0.717, 1.165) is 38.2 Å². The molecular formula is C29H22N4OS2. The van der Waals surface area contributed by atoms with Gasteiger partial charge in [0.2, 0.25) is 5.91 Å². The van der Waals surface area contributed by atoms with Crippen LogP contribution in [0.25, 0.3) is 32.6 Å². The molecule has 176 valence electrons. The molecular weight excluding hydrogens is 484 g/mol. The number of para-hydroxylation sites is 1. The Morgan fingerprint density at radius 3 is 2.47 bits per heavy atom. The molecule has 5 nitrogen and oxygen atoms in total. The van der Waals surface area contributed by atoms with Gasteiger partial charge < -0.3 is 5.32 Å². The number of amides is 1. The Morgan fingerprint density at radius 2 is 1.72 bits per heavy atom. The Hall–Kier alpha value is -3.99. The summed E-state index contributed by atoms with van der Waals surface area (Å²) in [5.41, 5.74) is 6.13. The van der Waals surface area contributed by atoms with Crippen molar-refractivity contribution in [2.24, 2.45) is 0 Å². The summed E-state index contributed by atoms with van der Waals surface area (Å²) in [5, 5.41) is 14.2. The zero-order chi connectivity index (χ0) is 24.9. The van der Waals surface area contributed by atoms with Crippen LogP contribution in [-0.2, 0) is 4.79 Å². The van der Waals surface area contributed by atoms with Gasteiger partial charge in [-0.25, -0.2) is 9.97 Å². The Balaban J connectivity index is 1.38. The van der Waals surface area contributed by atoms with Gasteiger partial charge in [0.05, 0.1) is 21.5 Å². The number of thiazole rings is 1. The first-order chi connectivity index (χ1) is 17.6. The summed E-state index contributed by atoms with van der Waals surface area (Å²) in [4.78, 5) is 21.9. The third-order valence-corrected chi connectivity index (χ3v) is 7.57. The number of carbonyl (C=O) groups is 1. The Labute approximate surface area is 217 Å². The lowest BCUT2D eigenvalue weighted by Gasteiger charge is -2.13. The third kappa shape index (κ3) is 5.30. The van der Waals surface area contributed by atoms with E-state index in [9.17, 15) is 10.1 Å². The molecule has 0 aliphatic carbocycles. The lowest BCUT2D eigenvalue weighted by atomic mass is 9.98. The van der Waals surface area contributed by atoms with Gasteiger partial charge in [-0.2, -0.15) is 5.26 Å². The average molecular weight is 507 g/mol. The van der Waals surface area contributed by atoms with Crippen molar-refractivity contribution >= 4 is 44.4 Å². The van der Waals surface area contributed by atoms with Gasteiger partial charge in [0, 0.05) is 23.3 Å². The van der Waals surface area contributed by atoms with Crippen LogP contribution in [0.5, 0.6) is 0 Å². The molecule has 0 unspecified atom stereocenters. The highest BCUT2D eigenvalue weighted by molar-refractivity contribution is 7.99. The van der Waals surface area contributed by atoms with Crippen LogP contribution in [0.3, 0.4) is 0 Å². The van der Waals surface area contributed by atoms with E-state index in [1.807, 2.05) is 91.9 Å². The topological polar surface area (TPSA) is 78.7 Å². The standard InChI is InChI=1S/C29H22N4OS2/c1-19-11-13-20(14-12-19)22-17-25(21-7-3-2-4-8-21)31-28(23(22)18-30)35-16-15-27(34)33-29-32-24-9-5-6-10-26(24)36-29/h2-14,17H,15-16H2,1H3,(H,32,33,34). The summed E-state index contributed by atoms with van der Waals surface area (Å²) in [6, 6.07) is 30.2. The fourth-order valence-electron chi connectivity index (χ4n) is 3.80. The number of hydrogen-bond acceptors (Lipinski definition) is 6. The molecule has 36 heavy (non-hydrogen) atoms. The van der Waals surface area contributed by atoms with Crippen LogP contribution >= 0.6 is 23.1 Å². The maximum absolute atomic E-state index is 12.6. The highest BCUT2D eigenvalue weighted by Crippen LogP contribution is 2.34. The van der Waals surface area contributed by atoms with Crippen molar-refractivity contribution in [3.05, 3.63) is 96.1 Å². The average Bonchev–Trinajstić information content (AvgIpc) is 3.31. The second-order valence-electron chi connectivity index (χ2n) is 8.21. The van der Waals surface area contributed by atoms with E-state index in [1.54, 1.807) is 0 Å².